The molecular weight excluding hydrogens is 692 g/mol. The van der Waals surface area contributed by atoms with Crippen LogP contribution in [0.15, 0.2) is 91.0 Å². The van der Waals surface area contributed by atoms with E-state index in [0.717, 1.165) is 9.80 Å². The molecule has 0 aliphatic carbocycles. The molecule has 0 bridgehead atoms. The number of benzene rings is 3. The Morgan fingerprint density at radius 2 is 0.792 bits per heavy atom. The number of hydrogen-bond donors (Lipinski definition) is 4. The minimum atomic E-state index is -1.56. The van der Waals surface area contributed by atoms with Gasteiger partial charge in [0.15, 0.2) is 5.54 Å². The molecule has 0 saturated carbocycles. The predicted molar refractivity (Wildman–Crippen MR) is 184 cm³/mol. The summed E-state index contributed by atoms with van der Waals surface area (Å²) in [4.78, 5) is 100. The minimum absolute atomic E-state index is 0.144. The van der Waals surface area contributed by atoms with Gasteiger partial charge in [-0.2, -0.15) is 0 Å². The maximum Gasteiger partial charge on any atom is 0.328 e. The number of carbonyl (C=O) groups excluding carboxylic acids is 4. The van der Waals surface area contributed by atoms with E-state index in [4.69, 9.17) is 20.4 Å². The zero-order chi connectivity index (χ0) is 38.9. The van der Waals surface area contributed by atoms with Crippen LogP contribution in [0.5, 0.6) is 0 Å². The fourth-order valence-electron chi connectivity index (χ4n) is 6.42. The number of carboxylic acid groups (broad SMARTS) is 4. The monoisotopic (exact) mass is 730 g/mol. The number of carbonyl (C=O) groups is 8. The van der Waals surface area contributed by atoms with Gasteiger partial charge in [-0.1, -0.05) is 91.0 Å². The first-order valence-electron chi connectivity index (χ1n) is 16.5. The molecule has 2 heterocycles. The lowest BCUT2D eigenvalue weighted by molar-refractivity contribution is -0.140. The second-order valence-corrected chi connectivity index (χ2v) is 12.2. The summed E-state index contributed by atoms with van der Waals surface area (Å²) < 4.78 is 0. The minimum Gasteiger partial charge on any atom is -0.481 e. The van der Waals surface area contributed by atoms with E-state index in [0.29, 0.717) is 16.7 Å². The molecule has 3 aromatic rings. The van der Waals surface area contributed by atoms with Gasteiger partial charge in [0, 0.05) is 26.2 Å². The molecule has 16 nitrogen and oxygen atoms in total. The van der Waals surface area contributed by atoms with Gasteiger partial charge in [0.25, 0.3) is 11.8 Å². The van der Waals surface area contributed by atoms with E-state index in [-0.39, 0.29) is 45.4 Å². The summed E-state index contributed by atoms with van der Waals surface area (Å²) in [5.41, 5.74) is -1.35. The molecule has 2 aliphatic rings. The molecule has 2 fully saturated rings. The van der Waals surface area contributed by atoms with Gasteiger partial charge in [-0.15, -0.1) is 0 Å². The van der Waals surface area contributed by atoms with Crippen molar-refractivity contribution >= 4 is 47.8 Å². The number of amides is 6. The largest absolute Gasteiger partial charge is 0.481 e. The quantitative estimate of drug-likeness (QED) is 0.165. The Bertz CT molecular complexity index is 1830. The van der Waals surface area contributed by atoms with Crippen molar-refractivity contribution in [2.45, 2.75) is 43.7 Å². The van der Waals surface area contributed by atoms with Crippen molar-refractivity contribution in [1.82, 2.24) is 19.6 Å². The number of hydrogen-bond acceptors (Lipinski definition) is 8. The Balaban J connectivity index is 0.000000241. The first-order valence-corrected chi connectivity index (χ1v) is 16.5. The van der Waals surface area contributed by atoms with Crippen molar-refractivity contribution in [2.75, 3.05) is 26.2 Å². The highest BCUT2D eigenvalue weighted by molar-refractivity contribution is 6.10. The fraction of sp³-hybridized carbons (Fsp3) is 0.297. The Hall–Kier alpha value is -6.58. The number of aliphatic carboxylic acids is 4. The molecule has 2 saturated heterocycles. The van der Waals surface area contributed by atoms with Crippen LogP contribution in [0, 0.1) is 0 Å². The van der Waals surface area contributed by atoms with Gasteiger partial charge in [0.05, 0.1) is 25.7 Å². The highest BCUT2D eigenvalue weighted by Gasteiger charge is 2.59. The van der Waals surface area contributed by atoms with Gasteiger partial charge in [0.2, 0.25) is 0 Å². The molecule has 278 valence electrons. The van der Waals surface area contributed by atoms with Crippen LogP contribution < -0.4 is 0 Å². The third kappa shape index (κ3) is 8.01. The first kappa shape index (κ1) is 39.2. The fourth-order valence-corrected chi connectivity index (χ4v) is 6.42. The number of urea groups is 2. The first-order chi connectivity index (χ1) is 25.2. The lowest BCUT2D eigenvalue weighted by Crippen LogP contribution is -2.48. The Kier molecular flexibility index (Phi) is 12.3. The molecule has 1 unspecified atom stereocenters. The van der Waals surface area contributed by atoms with Crippen molar-refractivity contribution in [1.29, 1.82) is 0 Å². The van der Waals surface area contributed by atoms with Gasteiger partial charge >= 0.3 is 35.9 Å². The van der Waals surface area contributed by atoms with E-state index >= 15 is 0 Å². The lowest BCUT2D eigenvalue weighted by atomic mass is 9.81. The molecule has 0 aromatic heterocycles. The van der Waals surface area contributed by atoms with Crippen molar-refractivity contribution in [3.05, 3.63) is 108 Å². The van der Waals surface area contributed by atoms with Crippen molar-refractivity contribution < 1.29 is 58.8 Å². The molecule has 4 N–H and O–H groups in total. The average Bonchev–Trinajstić information content (AvgIpc) is 3.46. The van der Waals surface area contributed by atoms with Gasteiger partial charge in [-0.25, -0.2) is 9.59 Å². The highest BCUT2D eigenvalue weighted by Crippen LogP contribution is 2.43. The van der Waals surface area contributed by atoms with E-state index in [1.54, 1.807) is 97.9 Å². The summed E-state index contributed by atoms with van der Waals surface area (Å²) in [6.07, 6.45) is -1.43. The van der Waals surface area contributed by atoms with E-state index in [1.807, 2.05) is 0 Å². The van der Waals surface area contributed by atoms with Gasteiger partial charge in [-0.05, 0) is 23.6 Å². The molecule has 3 aromatic carbocycles. The van der Waals surface area contributed by atoms with E-state index in [9.17, 15) is 38.4 Å². The molecule has 6 amide bonds. The number of rotatable bonds is 15. The number of imide groups is 2. The maximum atomic E-state index is 13.6. The summed E-state index contributed by atoms with van der Waals surface area (Å²) in [6.45, 7) is 0.657. The number of carboxylic acids is 4. The van der Waals surface area contributed by atoms with Crippen molar-refractivity contribution in [3.8, 4) is 0 Å². The lowest BCUT2D eigenvalue weighted by Gasteiger charge is -2.36. The van der Waals surface area contributed by atoms with Crippen LogP contribution in [-0.4, -0.2) is 114 Å². The van der Waals surface area contributed by atoms with Crippen LogP contribution in [0.25, 0.3) is 0 Å². The summed E-state index contributed by atoms with van der Waals surface area (Å²) >= 11 is 0. The summed E-state index contributed by atoms with van der Waals surface area (Å²) in [5.74, 6) is -5.60. The molecule has 16 heteroatoms. The second kappa shape index (κ2) is 16.6. The molecule has 1 atom stereocenters. The Labute approximate surface area is 303 Å². The molecule has 0 radical (unpaired) electrons. The summed E-state index contributed by atoms with van der Waals surface area (Å²) in [7, 11) is 0. The SMILES string of the molecule is CC1(c2ccccc2)C(=O)N(CCC(=O)O)C(=O)N1CCC(=O)O.O=C(O)CCN1C(=O)N(CCC(=O)O)C(c2ccccc2)(c2ccccc2)C1=O. The van der Waals surface area contributed by atoms with Crippen molar-refractivity contribution in [2.24, 2.45) is 0 Å². The van der Waals surface area contributed by atoms with Gasteiger partial charge < -0.3 is 30.2 Å². The molecule has 0 spiro atoms. The smallest absolute Gasteiger partial charge is 0.328 e. The normalized spacial score (nSPS) is 17.8. The standard InChI is InChI=1S/C21H20N2O6.C16H18N2O6/c24-17(25)11-13-22-19(28)21(15-7-3-1-4-8-15,16-9-5-2-6-10-16)23(20(22)29)14-12-18(26)27;1-16(11-5-3-2-4-6-11)14(23)17(9-7-12(19)20)15(24)18(16)10-8-13(21)22/h1-10H,11-14H2,(H,24,25)(H,26,27);2-6H,7-10H2,1H3,(H,19,20)(H,21,22). The Morgan fingerprint density at radius 1 is 0.472 bits per heavy atom. The predicted octanol–water partition coefficient (Wildman–Crippen LogP) is 3.26. The van der Waals surface area contributed by atoms with Crippen LogP contribution in [0.2, 0.25) is 0 Å². The summed E-state index contributed by atoms with van der Waals surface area (Å²) in [5, 5.41) is 35.9. The molecule has 2 aliphatic heterocycles. The second-order valence-electron chi connectivity index (χ2n) is 12.2. The third-order valence-electron chi connectivity index (χ3n) is 9.00. The Morgan fingerprint density at radius 3 is 1.19 bits per heavy atom. The zero-order valence-electron chi connectivity index (χ0n) is 28.7. The van der Waals surface area contributed by atoms with Crippen LogP contribution in [0.4, 0.5) is 9.59 Å². The highest BCUT2D eigenvalue weighted by atomic mass is 16.4. The van der Waals surface area contributed by atoms with Gasteiger partial charge in [-0.3, -0.25) is 38.6 Å². The average molecular weight is 731 g/mol. The van der Waals surface area contributed by atoms with Crippen molar-refractivity contribution in [3.63, 3.8) is 0 Å². The maximum absolute atomic E-state index is 13.6. The number of nitrogens with zero attached hydrogens (tertiary/aromatic N) is 4. The molecule has 53 heavy (non-hydrogen) atoms. The van der Waals surface area contributed by atoms with Crippen LogP contribution in [-0.2, 0) is 39.8 Å². The zero-order valence-corrected chi connectivity index (χ0v) is 28.7. The topological polar surface area (TPSA) is 230 Å². The van der Waals surface area contributed by atoms with Crippen LogP contribution in [0.1, 0.15) is 49.3 Å². The summed E-state index contributed by atoms with van der Waals surface area (Å²) in [6, 6.07) is 24.4. The third-order valence-corrected chi connectivity index (χ3v) is 9.00. The van der Waals surface area contributed by atoms with Crippen LogP contribution >= 0.6 is 0 Å². The van der Waals surface area contributed by atoms with E-state index in [1.165, 1.54) is 9.80 Å². The molecular formula is C37H38N4O12. The van der Waals surface area contributed by atoms with Gasteiger partial charge in [0.1, 0.15) is 5.54 Å². The van der Waals surface area contributed by atoms with E-state index < -0.39 is 65.3 Å². The van der Waals surface area contributed by atoms with E-state index in [2.05, 4.69) is 0 Å². The molecule has 5 rings (SSSR count). The van der Waals surface area contributed by atoms with Crippen LogP contribution in [0.3, 0.4) is 0 Å².